The molecule has 4 nitrogen and oxygen atoms in total. The molecule has 3 aliphatic rings. The Kier molecular flexibility index (Phi) is 4.07. The van der Waals surface area contributed by atoms with Gasteiger partial charge in [0.2, 0.25) is 11.8 Å². The number of hydrogen-bond donors (Lipinski definition) is 2. The average Bonchev–Trinajstić information content (AvgIpc) is 3.19. The van der Waals surface area contributed by atoms with Crippen molar-refractivity contribution in [2.45, 2.75) is 51.0 Å². The van der Waals surface area contributed by atoms with E-state index in [1.54, 1.807) is 0 Å². The molecular weight excluding hydrogens is 300 g/mol. The molecule has 0 radical (unpaired) electrons. The summed E-state index contributed by atoms with van der Waals surface area (Å²) in [4.78, 5) is 24.6. The zero-order chi connectivity index (χ0) is 16.6. The standard InChI is InChI=1S/C20H26N2O2/c23-18-9-8-17(13-21-18)22-19(24)20(11-14-4-2-1-3-5-14)12-15-6-7-16(20)10-15/h1-5,15-17H,6-13H2,(H,21,23)(H,22,24)/t15-,16-,17+,20+/m1/s1. The number of hydrogen-bond acceptors (Lipinski definition) is 2. The van der Waals surface area contributed by atoms with Crippen molar-refractivity contribution in [3.63, 3.8) is 0 Å². The topological polar surface area (TPSA) is 58.2 Å². The smallest absolute Gasteiger partial charge is 0.227 e. The van der Waals surface area contributed by atoms with Gasteiger partial charge in [-0.25, -0.2) is 0 Å². The van der Waals surface area contributed by atoms with Gasteiger partial charge in [0.05, 0.1) is 5.41 Å². The average molecular weight is 326 g/mol. The van der Waals surface area contributed by atoms with Crippen LogP contribution in [-0.4, -0.2) is 24.4 Å². The predicted molar refractivity (Wildman–Crippen MR) is 92.2 cm³/mol. The summed E-state index contributed by atoms with van der Waals surface area (Å²) >= 11 is 0. The molecule has 2 N–H and O–H groups in total. The summed E-state index contributed by atoms with van der Waals surface area (Å²) in [5.41, 5.74) is 1.02. The Labute approximate surface area is 143 Å². The lowest BCUT2D eigenvalue weighted by Crippen LogP contribution is -2.54. The first-order valence-corrected chi connectivity index (χ1v) is 9.27. The molecule has 3 fully saturated rings. The van der Waals surface area contributed by atoms with Crippen LogP contribution in [0, 0.1) is 17.3 Å². The molecular formula is C20H26N2O2. The van der Waals surface area contributed by atoms with Crippen LogP contribution < -0.4 is 10.6 Å². The Morgan fingerprint density at radius 2 is 2.04 bits per heavy atom. The highest BCUT2D eigenvalue weighted by molar-refractivity contribution is 5.85. The molecule has 0 unspecified atom stereocenters. The fraction of sp³-hybridized carbons (Fsp3) is 0.600. The van der Waals surface area contributed by atoms with Crippen LogP contribution in [0.4, 0.5) is 0 Å². The molecule has 2 aliphatic carbocycles. The Bertz CT molecular complexity index is 620. The third-order valence-corrected chi connectivity index (χ3v) is 6.39. The summed E-state index contributed by atoms with van der Waals surface area (Å²) in [6.45, 7) is 0.570. The van der Waals surface area contributed by atoms with Crippen LogP contribution in [0.2, 0.25) is 0 Å². The second-order valence-electron chi connectivity index (χ2n) is 7.91. The van der Waals surface area contributed by atoms with Crippen LogP contribution in [0.5, 0.6) is 0 Å². The highest BCUT2D eigenvalue weighted by Gasteiger charge is 2.55. The summed E-state index contributed by atoms with van der Waals surface area (Å²) < 4.78 is 0. The molecule has 24 heavy (non-hydrogen) atoms. The van der Waals surface area contributed by atoms with E-state index >= 15 is 0 Å². The largest absolute Gasteiger partial charge is 0.354 e. The first-order valence-electron chi connectivity index (χ1n) is 9.27. The van der Waals surface area contributed by atoms with E-state index in [0.29, 0.717) is 18.9 Å². The van der Waals surface area contributed by atoms with E-state index in [9.17, 15) is 9.59 Å². The van der Waals surface area contributed by atoms with E-state index in [1.807, 2.05) is 6.07 Å². The van der Waals surface area contributed by atoms with Crippen molar-refractivity contribution in [2.75, 3.05) is 6.54 Å². The maximum atomic E-state index is 13.3. The minimum absolute atomic E-state index is 0.0852. The molecule has 0 spiro atoms. The molecule has 1 aromatic carbocycles. The molecule has 4 heteroatoms. The molecule has 128 valence electrons. The molecule has 1 aromatic rings. The number of benzene rings is 1. The molecule has 4 rings (SSSR count). The summed E-state index contributed by atoms with van der Waals surface area (Å²) in [6, 6.07) is 10.5. The summed E-state index contributed by atoms with van der Waals surface area (Å²) in [7, 11) is 0. The first-order chi connectivity index (χ1) is 11.7. The molecule has 1 heterocycles. The highest BCUT2D eigenvalue weighted by atomic mass is 16.2. The number of carbonyl (C=O) groups excluding carboxylic acids is 2. The predicted octanol–water partition coefficient (Wildman–Crippen LogP) is 2.43. The van der Waals surface area contributed by atoms with Crippen LogP contribution in [0.15, 0.2) is 30.3 Å². The van der Waals surface area contributed by atoms with Crippen molar-refractivity contribution in [3.8, 4) is 0 Å². The minimum Gasteiger partial charge on any atom is -0.354 e. The van der Waals surface area contributed by atoms with Crippen molar-refractivity contribution >= 4 is 11.8 Å². The van der Waals surface area contributed by atoms with E-state index in [-0.39, 0.29) is 23.3 Å². The summed E-state index contributed by atoms with van der Waals surface area (Å²) in [5.74, 6) is 1.55. The lowest BCUT2D eigenvalue weighted by atomic mass is 9.68. The second-order valence-corrected chi connectivity index (χ2v) is 7.91. The van der Waals surface area contributed by atoms with Crippen LogP contribution in [-0.2, 0) is 16.0 Å². The number of fused-ring (bicyclic) bond motifs is 2. The maximum absolute atomic E-state index is 13.3. The Hall–Kier alpha value is -1.84. The number of nitrogens with one attached hydrogen (secondary N) is 2. The Morgan fingerprint density at radius 3 is 2.67 bits per heavy atom. The van der Waals surface area contributed by atoms with E-state index < -0.39 is 0 Å². The zero-order valence-electron chi connectivity index (χ0n) is 14.1. The van der Waals surface area contributed by atoms with Gasteiger partial charge in [-0.2, -0.15) is 0 Å². The molecule has 2 bridgehead atoms. The van der Waals surface area contributed by atoms with Crippen LogP contribution in [0.25, 0.3) is 0 Å². The maximum Gasteiger partial charge on any atom is 0.227 e. The molecule has 1 saturated heterocycles. The first kappa shape index (κ1) is 15.7. The van der Waals surface area contributed by atoms with Gasteiger partial charge >= 0.3 is 0 Å². The normalized spacial score (nSPS) is 34.8. The van der Waals surface area contributed by atoms with E-state index in [1.165, 1.54) is 24.8 Å². The number of amides is 2. The molecule has 4 atom stereocenters. The third-order valence-electron chi connectivity index (χ3n) is 6.39. The van der Waals surface area contributed by atoms with Gasteiger partial charge in [-0.15, -0.1) is 0 Å². The van der Waals surface area contributed by atoms with E-state index in [0.717, 1.165) is 25.2 Å². The second kappa shape index (κ2) is 6.23. The van der Waals surface area contributed by atoms with Crippen molar-refractivity contribution < 1.29 is 9.59 Å². The van der Waals surface area contributed by atoms with Gasteiger partial charge in [0, 0.05) is 19.0 Å². The number of piperidine rings is 1. The van der Waals surface area contributed by atoms with Gasteiger partial charge in [-0.05, 0) is 49.5 Å². The summed E-state index contributed by atoms with van der Waals surface area (Å²) in [6.07, 6.45) is 6.83. The zero-order valence-corrected chi connectivity index (χ0v) is 14.1. The highest BCUT2D eigenvalue weighted by Crippen LogP contribution is 2.57. The van der Waals surface area contributed by atoms with Crippen molar-refractivity contribution in [1.82, 2.24) is 10.6 Å². The monoisotopic (exact) mass is 326 g/mol. The van der Waals surface area contributed by atoms with Gasteiger partial charge in [0.25, 0.3) is 0 Å². The molecule has 0 aromatic heterocycles. The fourth-order valence-electron chi connectivity index (χ4n) is 5.16. The van der Waals surface area contributed by atoms with Gasteiger partial charge in [0.15, 0.2) is 0 Å². The van der Waals surface area contributed by atoms with Crippen molar-refractivity contribution in [3.05, 3.63) is 35.9 Å². The Balaban J connectivity index is 1.52. The van der Waals surface area contributed by atoms with Crippen LogP contribution in [0.3, 0.4) is 0 Å². The SMILES string of the molecule is O=C1CC[C@H](NC(=O)[C@@]2(Cc3ccccc3)C[C@@H]3CC[C@@H]2C3)CN1. The minimum atomic E-state index is -0.244. The molecule has 2 saturated carbocycles. The molecule has 1 aliphatic heterocycles. The quantitative estimate of drug-likeness (QED) is 0.893. The lowest BCUT2D eigenvalue weighted by Gasteiger charge is -2.38. The van der Waals surface area contributed by atoms with Crippen LogP contribution in [0.1, 0.15) is 44.1 Å². The van der Waals surface area contributed by atoms with Gasteiger partial charge in [-0.1, -0.05) is 36.8 Å². The Morgan fingerprint density at radius 1 is 1.21 bits per heavy atom. The molecule has 2 amide bonds. The van der Waals surface area contributed by atoms with Crippen LogP contribution >= 0.6 is 0 Å². The van der Waals surface area contributed by atoms with Gasteiger partial charge in [-0.3, -0.25) is 9.59 Å². The van der Waals surface area contributed by atoms with Gasteiger partial charge in [0.1, 0.15) is 0 Å². The van der Waals surface area contributed by atoms with Crippen molar-refractivity contribution in [1.29, 1.82) is 0 Å². The van der Waals surface area contributed by atoms with Crippen molar-refractivity contribution in [2.24, 2.45) is 17.3 Å². The summed E-state index contributed by atoms with van der Waals surface area (Å²) in [5, 5.41) is 6.14. The van der Waals surface area contributed by atoms with Gasteiger partial charge < -0.3 is 10.6 Å². The third kappa shape index (κ3) is 2.83. The number of rotatable bonds is 4. The lowest BCUT2D eigenvalue weighted by molar-refractivity contribution is -0.136. The van der Waals surface area contributed by atoms with E-state index in [2.05, 4.69) is 34.9 Å². The van der Waals surface area contributed by atoms with E-state index in [4.69, 9.17) is 0 Å². The number of carbonyl (C=O) groups is 2. The fourth-order valence-corrected chi connectivity index (χ4v) is 5.16.